The zero-order valence-corrected chi connectivity index (χ0v) is 11.0. The van der Waals surface area contributed by atoms with Crippen LogP contribution in [0.3, 0.4) is 0 Å². The van der Waals surface area contributed by atoms with E-state index in [0.717, 1.165) is 25.0 Å². The predicted molar refractivity (Wildman–Crippen MR) is 74.9 cm³/mol. The van der Waals surface area contributed by atoms with E-state index in [1.165, 1.54) is 44.2 Å². The molecule has 0 amide bonds. The van der Waals surface area contributed by atoms with E-state index < -0.39 is 0 Å². The van der Waals surface area contributed by atoms with Crippen LogP contribution in [0.15, 0.2) is 18.2 Å². The minimum atomic E-state index is 0.826. The number of fused-ring (bicyclic) bond motifs is 2. The molecule has 0 radical (unpaired) electrons. The first-order valence-corrected chi connectivity index (χ1v) is 7.51. The van der Waals surface area contributed by atoms with Gasteiger partial charge in [0, 0.05) is 31.4 Å². The Balaban J connectivity index is 1.82. The van der Waals surface area contributed by atoms with Crippen LogP contribution < -0.4 is 10.2 Å². The van der Waals surface area contributed by atoms with Gasteiger partial charge >= 0.3 is 0 Å². The maximum atomic E-state index is 3.58. The van der Waals surface area contributed by atoms with Gasteiger partial charge in [-0.25, -0.2) is 0 Å². The van der Waals surface area contributed by atoms with Gasteiger partial charge in [0.2, 0.25) is 0 Å². The van der Waals surface area contributed by atoms with Crippen LogP contribution in [0, 0.1) is 5.92 Å². The molecule has 2 nitrogen and oxygen atoms in total. The summed E-state index contributed by atoms with van der Waals surface area (Å²) in [5.41, 5.74) is 4.72. The second-order valence-electron chi connectivity index (χ2n) is 6.11. The average Bonchev–Trinajstić information content (AvgIpc) is 2.63. The Kier molecular flexibility index (Phi) is 2.58. The molecule has 3 aliphatic rings. The van der Waals surface area contributed by atoms with Crippen molar-refractivity contribution in [2.45, 2.75) is 44.7 Å². The maximum Gasteiger partial charge on any atom is 0.0447 e. The van der Waals surface area contributed by atoms with Crippen LogP contribution in [0.5, 0.6) is 0 Å². The molecule has 0 saturated heterocycles. The lowest BCUT2D eigenvalue weighted by Crippen LogP contribution is -2.48. The zero-order chi connectivity index (χ0) is 11.9. The van der Waals surface area contributed by atoms with E-state index in [1.807, 2.05) is 0 Å². The predicted octanol–water partition coefficient (Wildman–Crippen LogP) is 2.71. The molecule has 4 rings (SSSR count). The summed E-state index contributed by atoms with van der Waals surface area (Å²) in [4.78, 5) is 2.75. The topological polar surface area (TPSA) is 15.3 Å². The van der Waals surface area contributed by atoms with Gasteiger partial charge in [-0.15, -0.1) is 0 Å². The highest BCUT2D eigenvalue weighted by molar-refractivity contribution is 5.63. The van der Waals surface area contributed by atoms with E-state index in [9.17, 15) is 0 Å². The van der Waals surface area contributed by atoms with Crippen molar-refractivity contribution in [3.05, 3.63) is 29.3 Å². The molecule has 2 atom stereocenters. The van der Waals surface area contributed by atoms with E-state index in [0.29, 0.717) is 0 Å². The highest BCUT2D eigenvalue weighted by Gasteiger charge is 2.37. The van der Waals surface area contributed by atoms with Gasteiger partial charge in [-0.2, -0.15) is 0 Å². The molecule has 1 saturated carbocycles. The Bertz CT molecular complexity index is 454. The normalized spacial score (nSPS) is 30.3. The number of nitrogens with zero attached hydrogens (tertiary/aromatic N) is 1. The van der Waals surface area contributed by atoms with E-state index in [1.54, 1.807) is 11.3 Å². The van der Waals surface area contributed by atoms with Crippen LogP contribution in [0.2, 0.25) is 0 Å². The minimum absolute atomic E-state index is 0.826. The quantitative estimate of drug-likeness (QED) is 0.752. The average molecular weight is 242 g/mol. The Morgan fingerprint density at radius 3 is 3.00 bits per heavy atom. The van der Waals surface area contributed by atoms with Crippen molar-refractivity contribution >= 4 is 5.69 Å². The highest BCUT2D eigenvalue weighted by atomic mass is 15.2. The summed E-state index contributed by atoms with van der Waals surface area (Å²) in [6.07, 6.45) is 7.06. The van der Waals surface area contributed by atoms with Crippen molar-refractivity contribution in [1.29, 1.82) is 0 Å². The van der Waals surface area contributed by atoms with Gasteiger partial charge in [-0.05, 0) is 36.3 Å². The largest absolute Gasteiger partial charge is 0.366 e. The second-order valence-corrected chi connectivity index (χ2v) is 6.11. The van der Waals surface area contributed by atoms with Gasteiger partial charge < -0.3 is 10.2 Å². The molecule has 0 aromatic heterocycles. The third-order valence-corrected chi connectivity index (χ3v) is 5.09. The van der Waals surface area contributed by atoms with E-state index >= 15 is 0 Å². The number of hydrogen-bond donors (Lipinski definition) is 1. The standard InChI is InChI=1S/C16H22N2/c1-2-7-15-12(4-1)10-13-5-3-6-14-11-17-8-9-18(15)16(13)14/h3,5-6,12,15,17H,1-2,4,7-11H2/t12-,15+/m1/s1. The van der Waals surface area contributed by atoms with Crippen molar-refractivity contribution in [3.63, 3.8) is 0 Å². The molecular formula is C16H22N2. The van der Waals surface area contributed by atoms with Crippen LogP contribution in [0.4, 0.5) is 5.69 Å². The number of anilines is 1. The summed E-state index contributed by atoms with van der Waals surface area (Å²) in [7, 11) is 0. The van der Waals surface area contributed by atoms with Gasteiger partial charge in [0.1, 0.15) is 0 Å². The number of rotatable bonds is 0. The summed E-state index contributed by atoms with van der Waals surface area (Å²) >= 11 is 0. The lowest BCUT2D eigenvalue weighted by atomic mass is 9.76. The van der Waals surface area contributed by atoms with Crippen molar-refractivity contribution < 1.29 is 0 Å². The molecule has 1 aromatic rings. The molecule has 0 spiro atoms. The van der Waals surface area contributed by atoms with Gasteiger partial charge in [0.05, 0.1) is 0 Å². The molecule has 1 fully saturated rings. The Hall–Kier alpha value is -1.02. The summed E-state index contributed by atoms with van der Waals surface area (Å²) < 4.78 is 0. The van der Waals surface area contributed by atoms with Gasteiger partial charge in [-0.1, -0.05) is 31.0 Å². The lowest BCUT2D eigenvalue weighted by Gasteiger charge is -2.46. The Morgan fingerprint density at radius 2 is 2.00 bits per heavy atom. The van der Waals surface area contributed by atoms with E-state index in [-0.39, 0.29) is 0 Å². The number of hydrogen-bond acceptors (Lipinski definition) is 2. The molecule has 2 heteroatoms. The van der Waals surface area contributed by atoms with Gasteiger partial charge in [0.15, 0.2) is 0 Å². The SMILES string of the molecule is c1cc2c3c(c1)C[C@H]1CCCC[C@@H]1N3CCNC2. The van der Waals surface area contributed by atoms with Gasteiger partial charge in [-0.3, -0.25) is 0 Å². The second kappa shape index (κ2) is 4.27. The lowest BCUT2D eigenvalue weighted by molar-refractivity contribution is 0.280. The highest BCUT2D eigenvalue weighted by Crippen LogP contribution is 2.42. The molecule has 18 heavy (non-hydrogen) atoms. The summed E-state index contributed by atoms with van der Waals surface area (Å²) in [6, 6.07) is 7.75. The molecule has 0 bridgehead atoms. The molecule has 96 valence electrons. The van der Waals surface area contributed by atoms with Crippen LogP contribution in [0.25, 0.3) is 0 Å². The van der Waals surface area contributed by atoms with Crippen LogP contribution in [-0.2, 0) is 13.0 Å². The third kappa shape index (κ3) is 1.58. The molecule has 1 aliphatic carbocycles. The molecule has 2 heterocycles. The first-order valence-electron chi connectivity index (χ1n) is 7.51. The molecule has 1 aromatic carbocycles. The number of benzene rings is 1. The minimum Gasteiger partial charge on any atom is -0.366 e. The molecule has 2 aliphatic heterocycles. The number of para-hydroxylation sites is 1. The van der Waals surface area contributed by atoms with Gasteiger partial charge in [0.25, 0.3) is 0 Å². The third-order valence-electron chi connectivity index (χ3n) is 5.09. The zero-order valence-electron chi connectivity index (χ0n) is 11.0. The van der Waals surface area contributed by atoms with Crippen LogP contribution in [0.1, 0.15) is 36.8 Å². The summed E-state index contributed by atoms with van der Waals surface area (Å²) in [5, 5.41) is 3.58. The smallest absolute Gasteiger partial charge is 0.0447 e. The Morgan fingerprint density at radius 1 is 1.11 bits per heavy atom. The first-order chi connectivity index (χ1) is 8.93. The van der Waals surface area contributed by atoms with Crippen molar-refractivity contribution in [3.8, 4) is 0 Å². The molecule has 1 N–H and O–H groups in total. The van der Waals surface area contributed by atoms with Crippen molar-refractivity contribution in [2.24, 2.45) is 5.92 Å². The maximum absolute atomic E-state index is 3.58. The molecule has 0 unspecified atom stereocenters. The van der Waals surface area contributed by atoms with Crippen molar-refractivity contribution in [1.82, 2.24) is 5.32 Å². The fourth-order valence-corrected chi connectivity index (χ4v) is 4.31. The monoisotopic (exact) mass is 242 g/mol. The Labute approximate surface area is 109 Å². The summed E-state index contributed by atoms with van der Waals surface area (Å²) in [5.74, 6) is 0.916. The van der Waals surface area contributed by atoms with E-state index in [2.05, 4.69) is 28.4 Å². The van der Waals surface area contributed by atoms with Crippen LogP contribution >= 0.6 is 0 Å². The fraction of sp³-hybridized carbons (Fsp3) is 0.625. The summed E-state index contributed by atoms with van der Waals surface area (Å²) in [6.45, 7) is 3.39. The van der Waals surface area contributed by atoms with Crippen molar-refractivity contribution in [2.75, 3.05) is 18.0 Å². The fourth-order valence-electron chi connectivity index (χ4n) is 4.31. The number of nitrogens with one attached hydrogen (secondary N) is 1. The van der Waals surface area contributed by atoms with Crippen LogP contribution in [-0.4, -0.2) is 19.1 Å². The molecular weight excluding hydrogens is 220 g/mol. The van der Waals surface area contributed by atoms with E-state index in [4.69, 9.17) is 0 Å². The first kappa shape index (κ1) is 10.9.